The average Bonchev–Trinajstić information content (AvgIpc) is 2.65. The van der Waals surface area contributed by atoms with E-state index in [1.165, 1.54) is 5.56 Å². The summed E-state index contributed by atoms with van der Waals surface area (Å²) in [5.41, 5.74) is 2.02. The van der Waals surface area contributed by atoms with Crippen molar-refractivity contribution in [3.8, 4) is 5.75 Å². The Labute approximate surface area is 159 Å². The Kier molecular flexibility index (Phi) is 6.50. The van der Waals surface area contributed by atoms with Gasteiger partial charge in [-0.3, -0.25) is 14.6 Å². The summed E-state index contributed by atoms with van der Waals surface area (Å²) in [6.07, 6.45) is 0. The van der Waals surface area contributed by atoms with Gasteiger partial charge in [-0.15, -0.1) is 0 Å². The fourth-order valence-corrected chi connectivity index (χ4v) is 3.18. The highest BCUT2D eigenvalue weighted by molar-refractivity contribution is 6.30. The van der Waals surface area contributed by atoms with Crippen LogP contribution in [-0.4, -0.2) is 55.5 Å². The average molecular weight is 374 g/mol. The van der Waals surface area contributed by atoms with Crippen molar-refractivity contribution in [3.63, 3.8) is 0 Å². The summed E-state index contributed by atoms with van der Waals surface area (Å²) in [5, 5.41) is 3.70. The minimum absolute atomic E-state index is 0.00408. The summed E-state index contributed by atoms with van der Waals surface area (Å²) in [6.45, 7) is 5.01. The number of methoxy groups -OCH3 is 1. The second-order valence-electron chi connectivity index (χ2n) is 6.46. The van der Waals surface area contributed by atoms with Crippen LogP contribution in [0.1, 0.15) is 5.56 Å². The van der Waals surface area contributed by atoms with E-state index in [-0.39, 0.29) is 5.91 Å². The van der Waals surface area contributed by atoms with Crippen molar-refractivity contribution in [2.75, 3.05) is 45.2 Å². The topological polar surface area (TPSA) is 44.8 Å². The zero-order chi connectivity index (χ0) is 18.4. The molecule has 6 heteroatoms. The molecule has 3 rings (SSSR count). The molecule has 1 aliphatic rings. The molecule has 0 aliphatic carbocycles. The molecule has 0 saturated carbocycles. The molecule has 1 aliphatic heterocycles. The largest absolute Gasteiger partial charge is 0.497 e. The fraction of sp³-hybridized carbons (Fsp3) is 0.350. The molecule has 2 aromatic rings. The normalized spacial score (nSPS) is 15.6. The Morgan fingerprint density at radius 1 is 1.08 bits per heavy atom. The van der Waals surface area contributed by atoms with Crippen molar-refractivity contribution in [3.05, 3.63) is 59.1 Å². The minimum Gasteiger partial charge on any atom is -0.497 e. The lowest BCUT2D eigenvalue weighted by molar-refractivity contribution is -0.117. The summed E-state index contributed by atoms with van der Waals surface area (Å²) in [7, 11) is 1.62. The first-order valence-electron chi connectivity index (χ1n) is 8.75. The number of nitrogens with one attached hydrogen (secondary N) is 1. The van der Waals surface area contributed by atoms with E-state index in [4.69, 9.17) is 16.3 Å². The monoisotopic (exact) mass is 373 g/mol. The summed E-state index contributed by atoms with van der Waals surface area (Å²) in [5.74, 6) is 0.739. The molecule has 1 amide bonds. The van der Waals surface area contributed by atoms with Crippen LogP contribution in [0, 0.1) is 0 Å². The Balaban J connectivity index is 1.43. The second-order valence-corrected chi connectivity index (χ2v) is 6.90. The molecule has 1 N–H and O–H groups in total. The molecule has 26 heavy (non-hydrogen) atoms. The molecule has 0 bridgehead atoms. The number of ether oxygens (including phenoxy) is 1. The lowest BCUT2D eigenvalue weighted by Crippen LogP contribution is -2.48. The molecule has 0 radical (unpaired) electrons. The Bertz CT molecular complexity index is 728. The van der Waals surface area contributed by atoms with E-state index in [2.05, 4.69) is 27.2 Å². The van der Waals surface area contributed by atoms with E-state index in [0.29, 0.717) is 6.54 Å². The van der Waals surface area contributed by atoms with Crippen LogP contribution in [-0.2, 0) is 11.3 Å². The number of hydrogen-bond donors (Lipinski definition) is 1. The number of carbonyl (C=O) groups excluding carboxylic acids is 1. The minimum atomic E-state index is 0.00408. The Hall–Kier alpha value is -2.08. The fourth-order valence-electron chi connectivity index (χ4n) is 3.06. The van der Waals surface area contributed by atoms with Gasteiger partial charge in [0.25, 0.3) is 0 Å². The van der Waals surface area contributed by atoms with E-state index in [9.17, 15) is 4.79 Å². The molecule has 138 valence electrons. The number of rotatable bonds is 6. The maximum absolute atomic E-state index is 12.3. The number of nitrogens with zero attached hydrogens (tertiary/aromatic N) is 2. The van der Waals surface area contributed by atoms with E-state index >= 15 is 0 Å². The maximum atomic E-state index is 12.3. The highest BCUT2D eigenvalue weighted by Crippen LogP contribution is 2.17. The van der Waals surface area contributed by atoms with E-state index in [1.54, 1.807) is 7.11 Å². The first kappa shape index (κ1) is 18.7. The molecule has 1 heterocycles. The predicted molar refractivity (Wildman–Crippen MR) is 105 cm³/mol. The summed E-state index contributed by atoms with van der Waals surface area (Å²) >= 11 is 5.93. The highest BCUT2D eigenvalue weighted by Gasteiger charge is 2.19. The van der Waals surface area contributed by atoms with Gasteiger partial charge in [-0.05, 0) is 29.8 Å². The Morgan fingerprint density at radius 3 is 2.46 bits per heavy atom. The van der Waals surface area contributed by atoms with Crippen LogP contribution in [0.25, 0.3) is 0 Å². The molecule has 0 atom stereocenters. The number of carbonyl (C=O) groups is 1. The molecule has 1 saturated heterocycles. The lowest BCUT2D eigenvalue weighted by atomic mass is 10.2. The number of halogens is 1. The summed E-state index contributed by atoms with van der Waals surface area (Å²) < 4.78 is 5.18. The highest BCUT2D eigenvalue weighted by atomic mass is 35.5. The third-order valence-electron chi connectivity index (χ3n) is 4.51. The third kappa shape index (κ3) is 5.46. The molecule has 1 fully saturated rings. The zero-order valence-electron chi connectivity index (χ0n) is 15.0. The smallest absolute Gasteiger partial charge is 0.238 e. The molecular weight excluding hydrogens is 350 g/mol. The van der Waals surface area contributed by atoms with E-state index in [1.807, 2.05) is 36.4 Å². The van der Waals surface area contributed by atoms with Gasteiger partial charge >= 0.3 is 0 Å². The maximum Gasteiger partial charge on any atom is 0.238 e. The van der Waals surface area contributed by atoms with Crippen molar-refractivity contribution in [1.82, 2.24) is 9.80 Å². The van der Waals surface area contributed by atoms with Crippen LogP contribution < -0.4 is 10.1 Å². The number of benzene rings is 2. The number of amides is 1. The third-order valence-corrected chi connectivity index (χ3v) is 4.76. The van der Waals surface area contributed by atoms with Crippen molar-refractivity contribution < 1.29 is 9.53 Å². The lowest BCUT2D eigenvalue weighted by Gasteiger charge is -2.34. The summed E-state index contributed by atoms with van der Waals surface area (Å²) in [6, 6.07) is 15.4. The van der Waals surface area contributed by atoms with Crippen LogP contribution >= 0.6 is 11.6 Å². The molecule has 0 aromatic heterocycles. The van der Waals surface area contributed by atoms with E-state index < -0.39 is 0 Å². The Morgan fingerprint density at radius 2 is 1.77 bits per heavy atom. The predicted octanol–water partition coefficient (Wildman–Crippen LogP) is 3.10. The first-order valence-corrected chi connectivity index (χ1v) is 9.13. The number of hydrogen-bond acceptors (Lipinski definition) is 4. The zero-order valence-corrected chi connectivity index (χ0v) is 15.7. The van der Waals surface area contributed by atoms with Gasteiger partial charge in [-0.25, -0.2) is 0 Å². The summed E-state index contributed by atoms with van der Waals surface area (Å²) in [4.78, 5) is 16.9. The van der Waals surface area contributed by atoms with Gasteiger partial charge in [0.05, 0.1) is 13.7 Å². The van der Waals surface area contributed by atoms with Gasteiger partial charge in [0.15, 0.2) is 0 Å². The van der Waals surface area contributed by atoms with Crippen LogP contribution in [0.2, 0.25) is 5.02 Å². The van der Waals surface area contributed by atoms with Gasteiger partial charge in [-0.1, -0.05) is 29.8 Å². The standard InChI is InChI=1S/C20H24ClN3O2/c1-26-19-4-2-3-18(13-19)22-20(25)15-24-11-9-23(10-12-24)14-16-5-7-17(21)8-6-16/h2-8,13H,9-12,14-15H2,1H3,(H,22,25). The molecule has 2 aromatic carbocycles. The van der Waals surface area contributed by atoms with Gasteiger partial charge in [0.1, 0.15) is 5.75 Å². The van der Waals surface area contributed by atoms with Crippen LogP contribution in [0.15, 0.2) is 48.5 Å². The molecular formula is C20H24ClN3O2. The van der Waals surface area contributed by atoms with Gasteiger partial charge < -0.3 is 10.1 Å². The van der Waals surface area contributed by atoms with Crippen LogP contribution in [0.5, 0.6) is 5.75 Å². The second kappa shape index (κ2) is 9.03. The first-order chi connectivity index (χ1) is 12.6. The van der Waals surface area contributed by atoms with Crippen molar-refractivity contribution in [2.45, 2.75) is 6.54 Å². The van der Waals surface area contributed by atoms with E-state index in [0.717, 1.165) is 49.2 Å². The number of piperazine rings is 1. The van der Waals surface area contributed by atoms with Crippen molar-refractivity contribution >= 4 is 23.2 Å². The molecule has 0 unspecified atom stereocenters. The number of anilines is 1. The van der Waals surface area contributed by atoms with Crippen molar-refractivity contribution in [2.24, 2.45) is 0 Å². The van der Waals surface area contributed by atoms with Crippen LogP contribution in [0.4, 0.5) is 5.69 Å². The van der Waals surface area contributed by atoms with Gasteiger partial charge in [0, 0.05) is 49.5 Å². The van der Waals surface area contributed by atoms with Crippen molar-refractivity contribution in [1.29, 1.82) is 0 Å². The SMILES string of the molecule is COc1cccc(NC(=O)CN2CCN(Cc3ccc(Cl)cc3)CC2)c1. The van der Waals surface area contributed by atoms with Crippen LogP contribution in [0.3, 0.4) is 0 Å². The molecule has 5 nitrogen and oxygen atoms in total. The quantitative estimate of drug-likeness (QED) is 0.845. The molecule has 0 spiro atoms. The van der Waals surface area contributed by atoms with Gasteiger partial charge in [-0.2, -0.15) is 0 Å². The van der Waals surface area contributed by atoms with Gasteiger partial charge in [0.2, 0.25) is 5.91 Å².